The Balaban J connectivity index is 2.09. The molecule has 0 bridgehead atoms. The second-order valence-electron chi connectivity index (χ2n) is 4.51. The van der Waals surface area contributed by atoms with E-state index in [1.807, 2.05) is 0 Å². The molecule has 0 aliphatic carbocycles. The van der Waals surface area contributed by atoms with Crippen LogP contribution in [0.4, 0.5) is 5.69 Å². The summed E-state index contributed by atoms with van der Waals surface area (Å²) in [4.78, 5) is 2.51. The van der Waals surface area contributed by atoms with Gasteiger partial charge < -0.3 is 4.90 Å². The molecule has 1 aromatic carbocycles. The molecule has 0 spiro atoms. The molecule has 0 radical (unpaired) electrons. The summed E-state index contributed by atoms with van der Waals surface area (Å²) in [6.07, 6.45) is 2.62. The first-order chi connectivity index (χ1) is 7.21. The molecule has 82 valence electrons. The number of hydrogen-bond donors (Lipinski definition) is 0. The Hall–Kier alpha value is -0.250. The Morgan fingerprint density at radius 3 is 2.33 bits per heavy atom. The van der Waals surface area contributed by atoms with E-state index < -0.39 is 0 Å². The van der Waals surface area contributed by atoms with Crippen molar-refractivity contribution in [2.45, 2.75) is 26.7 Å². The van der Waals surface area contributed by atoms with Gasteiger partial charge >= 0.3 is 0 Å². The molecule has 1 fully saturated rings. The molecule has 0 aromatic heterocycles. The van der Waals surface area contributed by atoms with Gasteiger partial charge in [-0.1, -0.05) is 26.0 Å². The maximum atomic E-state index is 2.51. The zero-order valence-corrected chi connectivity index (χ0v) is 11.6. The van der Waals surface area contributed by atoms with Gasteiger partial charge in [-0.2, -0.15) is 0 Å². The molecule has 0 unspecified atom stereocenters. The summed E-state index contributed by atoms with van der Waals surface area (Å²) >= 11 is 2.43. The van der Waals surface area contributed by atoms with Crippen molar-refractivity contribution in [2.24, 2.45) is 5.41 Å². The minimum Gasteiger partial charge on any atom is -0.369 e. The van der Waals surface area contributed by atoms with E-state index in [1.54, 1.807) is 0 Å². The summed E-state index contributed by atoms with van der Waals surface area (Å²) in [5, 5.41) is 0. The van der Waals surface area contributed by atoms with Gasteiger partial charge in [-0.25, -0.2) is 0 Å². The summed E-state index contributed by atoms with van der Waals surface area (Å²) in [6.45, 7) is 7.10. The number of hydrogen-bond acceptors (Lipinski definition) is 1. The van der Waals surface area contributed by atoms with E-state index in [1.165, 1.54) is 35.2 Å². The molecule has 0 saturated carbocycles. The summed E-state index contributed by atoms with van der Waals surface area (Å²) in [5.41, 5.74) is 2.01. The highest BCUT2D eigenvalue weighted by molar-refractivity contribution is 14.1. The van der Waals surface area contributed by atoms with Gasteiger partial charge in [0.1, 0.15) is 0 Å². The number of rotatable bonds is 3. The zero-order chi connectivity index (χ0) is 10.9. The van der Waals surface area contributed by atoms with Crippen molar-refractivity contribution < 1.29 is 0 Å². The number of halogens is 1. The zero-order valence-electron chi connectivity index (χ0n) is 9.46. The number of nitrogens with zero attached hydrogens (tertiary/aromatic N) is 1. The lowest BCUT2D eigenvalue weighted by atomic mass is 9.75. The molecular weight excluding hydrogens is 297 g/mol. The first-order valence-corrected chi connectivity index (χ1v) is 6.78. The second-order valence-corrected chi connectivity index (χ2v) is 5.68. The van der Waals surface area contributed by atoms with E-state index in [0.717, 1.165) is 0 Å². The topological polar surface area (TPSA) is 3.24 Å². The van der Waals surface area contributed by atoms with Crippen LogP contribution in [0, 0.1) is 8.99 Å². The van der Waals surface area contributed by atoms with Crippen LogP contribution >= 0.6 is 22.6 Å². The van der Waals surface area contributed by atoms with E-state index >= 15 is 0 Å². The lowest BCUT2D eigenvalue weighted by Crippen LogP contribution is -2.56. The Bertz CT molecular complexity index is 336. The highest BCUT2D eigenvalue weighted by Gasteiger charge is 2.40. The van der Waals surface area contributed by atoms with Crippen LogP contribution in [-0.2, 0) is 0 Å². The highest BCUT2D eigenvalue weighted by atomic mass is 127. The number of anilines is 1. The molecule has 2 heteroatoms. The van der Waals surface area contributed by atoms with E-state index in [0.29, 0.717) is 5.41 Å². The third-order valence-electron chi connectivity index (χ3n) is 3.75. The monoisotopic (exact) mass is 315 g/mol. The highest BCUT2D eigenvalue weighted by Crippen LogP contribution is 2.40. The molecule has 1 saturated heterocycles. The van der Waals surface area contributed by atoms with Gasteiger partial charge in [0.05, 0.1) is 5.69 Å². The SMILES string of the molecule is CCC1(CC)CN(c2ccccc2I)C1. The van der Waals surface area contributed by atoms with Crippen LogP contribution in [0.5, 0.6) is 0 Å². The Morgan fingerprint density at radius 2 is 1.80 bits per heavy atom. The normalized spacial score (nSPS) is 18.7. The molecule has 0 amide bonds. The van der Waals surface area contributed by atoms with Gasteiger partial charge in [0.25, 0.3) is 0 Å². The molecule has 15 heavy (non-hydrogen) atoms. The fourth-order valence-corrected chi connectivity index (χ4v) is 3.07. The van der Waals surface area contributed by atoms with Crippen molar-refractivity contribution in [1.82, 2.24) is 0 Å². The third-order valence-corrected chi connectivity index (χ3v) is 4.66. The van der Waals surface area contributed by atoms with Gasteiger partial charge in [0.15, 0.2) is 0 Å². The van der Waals surface area contributed by atoms with Crippen molar-refractivity contribution in [1.29, 1.82) is 0 Å². The first kappa shape index (κ1) is 11.2. The van der Waals surface area contributed by atoms with Crippen molar-refractivity contribution >= 4 is 28.3 Å². The number of benzene rings is 1. The molecule has 1 aliphatic rings. The maximum Gasteiger partial charge on any atom is 0.0502 e. The van der Waals surface area contributed by atoms with Crippen LogP contribution in [0.25, 0.3) is 0 Å². The van der Waals surface area contributed by atoms with Crippen LogP contribution < -0.4 is 4.90 Å². The van der Waals surface area contributed by atoms with Crippen LogP contribution in [0.3, 0.4) is 0 Å². The molecule has 1 nitrogen and oxygen atoms in total. The van der Waals surface area contributed by atoms with Crippen LogP contribution in [0.1, 0.15) is 26.7 Å². The quantitative estimate of drug-likeness (QED) is 0.764. The Labute approximate surface area is 106 Å². The van der Waals surface area contributed by atoms with E-state index in [9.17, 15) is 0 Å². The maximum absolute atomic E-state index is 2.51. The minimum absolute atomic E-state index is 0.596. The van der Waals surface area contributed by atoms with Crippen LogP contribution in [0.15, 0.2) is 24.3 Å². The standard InChI is InChI=1S/C13H18IN/c1-3-13(4-2)9-15(10-13)12-8-6-5-7-11(12)14/h5-8H,3-4,9-10H2,1-2H3. The van der Waals surface area contributed by atoms with Crippen molar-refractivity contribution in [3.05, 3.63) is 27.8 Å². The van der Waals surface area contributed by atoms with Crippen molar-refractivity contribution in [3.63, 3.8) is 0 Å². The summed E-state index contributed by atoms with van der Waals surface area (Å²) in [5.74, 6) is 0. The van der Waals surface area contributed by atoms with Crippen LogP contribution in [-0.4, -0.2) is 13.1 Å². The molecule has 2 rings (SSSR count). The molecular formula is C13H18IN. The van der Waals surface area contributed by atoms with Crippen LogP contribution in [0.2, 0.25) is 0 Å². The van der Waals surface area contributed by atoms with E-state index in [-0.39, 0.29) is 0 Å². The van der Waals surface area contributed by atoms with Gasteiger partial charge in [0, 0.05) is 22.1 Å². The lowest BCUT2D eigenvalue weighted by Gasteiger charge is -2.51. The van der Waals surface area contributed by atoms with E-state index in [4.69, 9.17) is 0 Å². The molecule has 0 atom stereocenters. The number of para-hydroxylation sites is 1. The van der Waals surface area contributed by atoms with Gasteiger partial charge in [0.2, 0.25) is 0 Å². The molecule has 1 aliphatic heterocycles. The van der Waals surface area contributed by atoms with Crippen molar-refractivity contribution in [3.8, 4) is 0 Å². The third kappa shape index (κ3) is 2.01. The second kappa shape index (κ2) is 4.32. The average molecular weight is 315 g/mol. The molecule has 1 heterocycles. The first-order valence-electron chi connectivity index (χ1n) is 5.70. The van der Waals surface area contributed by atoms with E-state index in [2.05, 4.69) is 65.6 Å². The van der Waals surface area contributed by atoms with Crippen molar-refractivity contribution in [2.75, 3.05) is 18.0 Å². The predicted octanol–water partition coefficient (Wildman–Crippen LogP) is 3.92. The smallest absolute Gasteiger partial charge is 0.0502 e. The summed E-state index contributed by atoms with van der Waals surface area (Å²) in [6, 6.07) is 8.66. The molecule has 1 aromatic rings. The minimum atomic E-state index is 0.596. The fraction of sp³-hybridized carbons (Fsp3) is 0.538. The molecule has 0 N–H and O–H groups in total. The van der Waals surface area contributed by atoms with Gasteiger partial charge in [-0.15, -0.1) is 0 Å². The summed E-state index contributed by atoms with van der Waals surface area (Å²) in [7, 11) is 0. The van der Waals surface area contributed by atoms with Gasteiger partial charge in [-0.05, 0) is 47.6 Å². The lowest BCUT2D eigenvalue weighted by molar-refractivity contribution is 0.194. The largest absolute Gasteiger partial charge is 0.369 e. The fourth-order valence-electron chi connectivity index (χ4n) is 2.34. The Kier molecular flexibility index (Phi) is 3.24. The Morgan fingerprint density at radius 1 is 1.20 bits per heavy atom. The predicted molar refractivity (Wildman–Crippen MR) is 74.4 cm³/mol. The average Bonchev–Trinajstić information content (AvgIpc) is 2.20. The van der Waals surface area contributed by atoms with Gasteiger partial charge in [-0.3, -0.25) is 0 Å². The summed E-state index contributed by atoms with van der Waals surface area (Å²) < 4.78 is 1.37.